The Morgan fingerprint density at radius 1 is 1.20 bits per heavy atom. The van der Waals surface area contributed by atoms with E-state index >= 15 is 0 Å². The van der Waals surface area contributed by atoms with Crippen LogP contribution in [0.5, 0.6) is 0 Å². The molecule has 2 aromatic heterocycles. The second-order valence-electron chi connectivity index (χ2n) is 4.53. The number of fused-ring (bicyclic) bond motifs is 1. The van der Waals surface area contributed by atoms with E-state index in [0.29, 0.717) is 0 Å². The van der Waals surface area contributed by atoms with E-state index in [-0.39, 0.29) is 0 Å². The highest BCUT2D eigenvalue weighted by Gasteiger charge is 2.06. The van der Waals surface area contributed by atoms with Gasteiger partial charge in [0.25, 0.3) is 0 Å². The van der Waals surface area contributed by atoms with Crippen LogP contribution in [0.2, 0.25) is 4.34 Å². The monoisotopic (exact) mass is 306 g/mol. The highest BCUT2D eigenvalue weighted by atomic mass is 35.5. The summed E-state index contributed by atoms with van der Waals surface area (Å²) in [6.07, 6.45) is 3.14. The Morgan fingerprint density at radius 3 is 2.55 bits per heavy atom. The lowest BCUT2D eigenvalue weighted by atomic mass is 10.1. The third-order valence-electron chi connectivity index (χ3n) is 3.01. The van der Waals surface area contributed by atoms with Crippen LogP contribution in [0.1, 0.15) is 12.5 Å². The van der Waals surface area contributed by atoms with Gasteiger partial charge in [0, 0.05) is 22.0 Å². The van der Waals surface area contributed by atoms with Gasteiger partial charge in [0.2, 0.25) is 0 Å². The molecule has 0 amide bonds. The second kappa shape index (κ2) is 6.93. The number of thiophene rings is 1. The molecule has 20 heavy (non-hydrogen) atoms. The summed E-state index contributed by atoms with van der Waals surface area (Å²) in [5.74, 6) is 0. The molecule has 2 N–H and O–H groups in total. The quantitative estimate of drug-likeness (QED) is 0.689. The zero-order chi connectivity index (χ0) is 14.5. The van der Waals surface area contributed by atoms with Gasteiger partial charge in [0.1, 0.15) is 0 Å². The number of rotatable bonds is 2. The predicted molar refractivity (Wildman–Crippen MR) is 91.0 cm³/mol. The molecule has 4 heteroatoms. The molecule has 0 saturated carbocycles. The van der Waals surface area contributed by atoms with Crippen LogP contribution in [0.3, 0.4) is 0 Å². The molecule has 3 rings (SSSR count). The maximum Gasteiger partial charge on any atom is 0.0934 e. The smallest absolute Gasteiger partial charge is 0.0934 e. The fraction of sp³-hybridized carbons (Fsp3) is 0.250. The molecule has 0 aliphatic heterocycles. The summed E-state index contributed by atoms with van der Waals surface area (Å²) >= 11 is 7.60. The number of H-pyrrole nitrogens is 1. The lowest BCUT2D eigenvalue weighted by molar-refractivity contribution is 1.02. The Hall–Kier alpha value is -1.29. The van der Waals surface area contributed by atoms with Crippen molar-refractivity contribution in [3.8, 4) is 10.4 Å². The first-order valence-electron chi connectivity index (χ1n) is 6.63. The van der Waals surface area contributed by atoms with Gasteiger partial charge in [-0.05, 0) is 55.9 Å². The van der Waals surface area contributed by atoms with E-state index in [1.165, 1.54) is 26.9 Å². The molecule has 2 heterocycles. The average molecular weight is 307 g/mol. The Labute approximate surface area is 128 Å². The number of aryl methyl sites for hydroxylation is 1. The molecule has 0 radical (unpaired) electrons. The minimum absolute atomic E-state index is 0.838. The molecule has 0 unspecified atom stereocenters. The molecule has 0 bridgehead atoms. The Morgan fingerprint density at radius 2 is 1.95 bits per heavy atom. The Kier molecular flexibility index (Phi) is 5.24. The summed E-state index contributed by atoms with van der Waals surface area (Å²) in [5.41, 5.74) is 3.81. The number of hydrogen-bond donors (Lipinski definition) is 2. The van der Waals surface area contributed by atoms with Crippen LogP contribution < -0.4 is 5.32 Å². The Balaban J connectivity index is 0.000000452. The summed E-state index contributed by atoms with van der Waals surface area (Å²) in [6.45, 7) is 2.18. The van der Waals surface area contributed by atoms with Crippen molar-refractivity contribution in [3.05, 3.63) is 46.4 Å². The van der Waals surface area contributed by atoms with E-state index in [9.17, 15) is 0 Å². The van der Waals surface area contributed by atoms with E-state index in [4.69, 9.17) is 11.6 Å². The van der Waals surface area contributed by atoms with Gasteiger partial charge in [-0.3, -0.25) is 0 Å². The molecule has 2 nitrogen and oxygen atoms in total. The highest BCUT2D eigenvalue weighted by molar-refractivity contribution is 7.19. The number of halogens is 1. The van der Waals surface area contributed by atoms with Crippen LogP contribution in [-0.2, 0) is 6.42 Å². The Bertz CT molecular complexity index is 685. The molecule has 3 aromatic rings. The highest BCUT2D eigenvalue weighted by Crippen LogP contribution is 2.33. The maximum atomic E-state index is 5.98. The molecule has 1 aromatic carbocycles. The van der Waals surface area contributed by atoms with Crippen molar-refractivity contribution in [2.24, 2.45) is 0 Å². The van der Waals surface area contributed by atoms with E-state index in [2.05, 4.69) is 47.7 Å². The van der Waals surface area contributed by atoms with Gasteiger partial charge < -0.3 is 10.3 Å². The molecule has 0 atom stereocenters. The van der Waals surface area contributed by atoms with Gasteiger partial charge in [-0.1, -0.05) is 24.6 Å². The van der Waals surface area contributed by atoms with Gasteiger partial charge in [0.05, 0.1) is 4.34 Å². The van der Waals surface area contributed by atoms with Crippen molar-refractivity contribution in [2.45, 2.75) is 13.3 Å². The number of hydrogen-bond acceptors (Lipinski definition) is 2. The lowest BCUT2D eigenvalue weighted by Crippen LogP contribution is -1.89. The largest absolute Gasteiger partial charge is 0.361 e. The van der Waals surface area contributed by atoms with Gasteiger partial charge in [0.15, 0.2) is 0 Å². The number of benzene rings is 1. The van der Waals surface area contributed by atoms with Crippen molar-refractivity contribution in [1.82, 2.24) is 10.3 Å². The molecule has 0 saturated heterocycles. The van der Waals surface area contributed by atoms with Gasteiger partial charge >= 0.3 is 0 Å². The van der Waals surface area contributed by atoms with Gasteiger partial charge in [-0.25, -0.2) is 0 Å². The standard InChI is InChI=1S/C14H12ClNS.C2H7N/c1-2-9-8-16-12-4-3-10(7-11(9)12)13-5-6-14(15)17-13;1-3-2/h3-8,16H,2H2,1H3;3H,1-2H3. The summed E-state index contributed by atoms with van der Waals surface area (Å²) in [7, 11) is 3.75. The van der Waals surface area contributed by atoms with Crippen molar-refractivity contribution >= 4 is 33.8 Å². The summed E-state index contributed by atoms with van der Waals surface area (Å²) < 4.78 is 0.838. The SMILES string of the molecule is CCc1c[nH]c2ccc(-c3ccc(Cl)s3)cc12.CNC. The van der Waals surface area contributed by atoms with Crippen molar-refractivity contribution in [3.63, 3.8) is 0 Å². The zero-order valence-electron chi connectivity index (χ0n) is 12.0. The number of aromatic amines is 1. The molecular weight excluding hydrogens is 288 g/mol. The molecule has 0 spiro atoms. The minimum atomic E-state index is 0.838. The van der Waals surface area contributed by atoms with Crippen LogP contribution in [0.25, 0.3) is 21.3 Å². The summed E-state index contributed by atoms with van der Waals surface area (Å²) in [4.78, 5) is 4.52. The molecule has 0 aliphatic carbocycles. The van der Waals surface area contributed by atoms with Crippen molar-refractivity contribution < 1.29 is 0 Å². The fourth-order valence-corrected chi connectivity index (χ4v) is 3.13. The van der Waals surface area contributed by atoms with Crippen LogP contribution in [0.15, 0.2) is 36.5 Å². The van der Waals surface area contributed by atoms with Gasteiger partial charge in [-0.2, -0.15) is 0 Å². The first-order chi connectivity index (χ1) is 9.69. The van der Waals surface area contributed by atoms with Crippen LogP contribution >= 0.6 is 22.9 Å². The second-order valence-corrected chi connectivity index (χ2v) is 6.25. The van der Waals surface area contributed by atoms with Crippen molar-refractivity contribution in [1.29, 1.82) is 0 Å². The number of nitrogens with one attached hydrogen (secondary N) is 2. The van der Waals surface area contributed by atoms with Crippen LogP contribution in [0, 0.1) is 0 Å². The zero-order valence-corrected chi connectivity index (χ0v) is 13.5. The average Bonchev–Trinajstić information content (AvgIpc) is 3.04. The fourth-order valence-electron chi connectivity index (χ4n) is 2.09. The third kappa shape index (κ3) is 3.23. The number of aromatic nitrogens is 1. The molecule has 106 valence electrons. The van der Waals surface area contributed by atoms with Crippen LogP contribution in [0.4, 0.5) is 0 Å². The normalized spacial score (nSPS) is 10.4. The topological polar surface area (TPSA) is 27.8 Å². The van der Waals surface area contributed by atoms with E-state index in [0.717, 1.165) is 10.8 Å². The molecular formula is C16H19ClN2S. The van der Waals surface area contributed by atoms with Gasteiger partial charge in [-0.15, -0.1) is 11.3 Å². The van der Waals surface area contributed by atoms with Crippen LogP contribution in [-0.4, -0.2) is 19.1 Å². The predicted octanol–water partition coefficient (Wildman–Crippen LogP) is 4.95. The van der Waals surface area contributed by atoms with E-state index in [1.807, 2.05) is 20.2 Å². The first kappa shape index (κ1) is 15.1. The lowest BCUT2D eigenvalue weighted by Gasteiger charge is -1.99. The minimum Gasteiger partial charge on any atom is -0.361 e. The maximum absolute atomic E-state index is 5.98. The molecule has 0 fully saturated rings. The molecule has 0 aliphatic rings. The van der Waals surface area contributed by atoms with E-state index < -0.39 is 0 Å². The van der Waals surface area contributed by atoms with Crippen molar-refractivity contribution in [2.75, 3.05) is 14.1 Å². The third-order valence-corrected chi connectivity index (χ3v) is 4.29. The summed E-state index contributed by atoms with van der Waals surface area (Å²) in [6, 6.07) is 10.5. The first-order valence-corrected chi connectivity index (χ1v) is 7.83. The summed E-state index contributed by atoms with van der Waals surface area (Å²) in [5, 5.41) is 4.06. The van der Waals surface area contributed by atoms with E-state index in [1.54, 1.807) is 11.3 Å².